The van der Waals surface area contributed by atoms with Crippen LogP contribution in [0.25, 0.3) is 0 Å². The lowest BCUT2D eigenvalue weighted by Crippen LogP contribution is -2.14. The van der Waals surface area contributed by atoms with Crippen LogP contribution in [0.4, 0.5) is 11.5 Å². The molecule has 2 aromatic rings. The minimum atomic E-state index is 0.169. The molecule has 0 radical (unpaired) electrons. The van der Waals surface area contributed by atoms with Crippen LogP contribution >= 0.6 is 23.4 Å². The molecule has 2 rings (SSSR count). The van der Waals surface area contributed by atoms with Crippen LogP contribution in [0.15, 0.2) is 35.4 Å². The van der Waals surface area contributed by atoms with Crippen molar-refractivity contribution < 1.29 is 0 Å². The van der Waals surface area contributed by atoms with Crippen molar-refractivity contribution in [3.05, 3.63) is 41.2 Å². The number of thioether (sulfide) groups is 1. The number of nitrogens with one attached hydrogen (secondary N) is 2. The van der Waals surface area contributed by atoms with Crippen LogP contribution in [0.2, 0.25) is 5.28 Å². The molecule has 0 aliphatic rings. The third-order valence-electron chi connectivity index (χ3n) is 2.49. The first-order valence-corrected chi connectivity index (χ1v) is 7.20. The molecule has 0 spiro atoms. The molecular weight excluding hydrogens is 282 g/mol. The van der Waals surface area contributed by atoms with Gasteiger partial charge in [0.25, 0.3) is 0 Å². The Morgan fingerprint density at radius 1 is 1.26 bits per heavy atom. The Bertz CT molecular complexity index is 524. The Labute approximate surface area is 120 Å². The molecule has 4 N–H and O–H groups in total. The highest BCUT2D eigenvalue weighted by atomic mass is 35.5. The summed E-state index contributed by atoms with van der Waals surface area (Å²) in [4.78, 5) is 8.23. The second-order valence-corrected chi connectivity index (χ2v) is 4.84. The molecule has 19 heavy (non-hydrogen) atoms. The van der Waals surface area contributed by atoms with E-state index in [4.69, 9.17) is 17.4 Å². The van der Waals surface area contributed by atoms with Gasteiger partial charge in [-0.2, -0.15) is 4.98 Å². The maximum atomic E-state index is 5.84. The summed E-state index contributed by atoms with van der Waals surface area (Å²) in [6.45, 7) is 0.661. The number of hydrogen-bond acceptors (Lipinski definition) is 6. The van der Waals surface area contributed by atoms with Gasteiger partial charge >= 0.3 is 0 Å². The van der Waals surface area contributed by atoms with Gasteiger partial charge in [-0.15, -0.1) is 11.8 Å². The van der Waals surface area contributed by atoms with Crippen molar-refractivity contribution in [2.75, 3.05) is 17.0 Å². The Morgan fingerprint density at radius 3 is 2.63 bits per heavy atom. The van der Waals surface area contributed by atoms with E-state index in [1.165, 1.54) is 11.8 Å². The van der Waals surface area contributed by atoms with Gasteiger partial charge in [-0.1, -0.05) is 30.3 Å². The van der Waals surface area contributed by atoms with Gasteiger partial charge in [-0.05, 0) is 23.4 Å². The second kappa shape index (κ2) is 6.60. The van der Waals surface area contributed by atoms with E-state index in [9.17, 15) is 0 Å². The minimum Gasteiger partial charge on any atom is -0.376 e. The molecule has 0 aliphatic heterocycles. The zero-order valence-electron chi connectivity index (χ0n) is 10.4. The molecule has 100 valence electrons. The van der Waals surface area contributed by atoms with Crippen LogP contribution in [0.1, 0.15) is 5.56 Å². The summed E-state index contributed by atoms with van der Waals surface area (Å²) in [6.07, 6.45) is 1.92. The molecule has 0 saturated carbocycles. The summed E-state index contributed by atoms with van der Waals surface area (Å²) in [6, 6.07) is 10.0. The Kier molecular flexibility index (Phi) is 4.84. The molecule has 1 heterocycles. The molecule has 0 aliphatic carbocycles. The second-order valence-electron chi connectivity index (χ2n) is 3.71. The average molecular weight is 296 g/mol. The molecule has 1 aromatic heterocycles. The minimum absolute atomic E-state index is 0.169. The maximum absolute atomic E-state index is 5.84. The molecule has 0 unspecified atom stereocenters. The lowest BCUT2D eigenvalue weighted by Gasteiger charge is -2.14. The number of nitrogens with two attached hydrogens (primary N) is 1. The van der Waals surface area contributed by atoms with Crippen molar-refractivity contribution in [2.24, 2.45) is 5.84 Å². The Morgan fingerprint density at radius 2 is 2.00 bits per heavy atom. The van der Waals surface area contributed by atoms with Gasteiger partial charge < -0.3 is 10.7 Å². The number of nitrogens with zero attached hydrogens (tertiary/aromatic N) is 2. The number of halogens is 1. The maximum Gasteiger partial charge on any atom is 0.225 e. The normalized spacial score (nSPS) is 10.3. The summed E-state index contributed by atoms with van der Waals surface area (Å²) in [5.41, 5.74) is 4.45. The van der Waals surface area contributed by atoms with Crippen molar-refractivity contribution in [3.8, 4) is 0 Å². The number of nitrogen functional groups attached to an aromatic ring is 1. The Balaban J connectivity index is 2.23. The average Bonchev–Trinajstić information content (AvgIpc) is 2.46. The number of benzene rings is 1. The molecule has 7 heteroatoms. The van der Waals surface area contributed by atoms with Crippen LogP contribution in [-0.2, 0) is 6.54 Å². The number of hydrogen-bond donors (Lipinski definition) is 3. The summed E-state index contributed by atoms with van der Waals surface area (Å²) in [7, 11) is 0. The van der Waals surface area contributed by atoms with Crippen molar-refractivity contribution in [3.63, 3.8) is 0 Å². The van der Waals surface area contributed by atoms with E-state index in [1.807, 2.05) is 36.6 Å². The Hall–Kier alpha value is -1.50. The standard InChI is InChI=1S/C12H14ClN5S/c1-19-11-9(10(18-14)16-12(13)17-11)15-7-8-5-3-2-4-6-8/h2-6,15H,7,14H2,1H3,(H,16,17,18). The number of rotatable bonds is 5. The first-order chi connectivity index (χ1) is 9.24. The number of anilines is 2. The third-order valence-corrected chi connectivity index (χ3v) is 3.34. The van der Waals surface area contributed by atoms with Gasteiger partial charge in [0.1, 0.15) is 10.7 Å². The van der Waals surface area contributed by atoms with Crippen LogP contribution in [0.3, 0.4) is 0 Å². The van der Waals surface area contributed by atoms with Gasteiger partial charge in [-0.25, -0.2) is 10.8 Å². The molecule has 1 aromatic carbocycles. The lowest BCUT2D eigenvalue weighted by atomic mass is 10.2. The van der Waals surface area contributed by atoms with Crippen LogP contribution in [0, 0.1) is 0 Å². The van der Waals surface area contributed by atoms with Crippen molar-refractivity contribution >= 4 is 34.9 Å². The highest BCUT2D eigenvalue weighted by Gasteiger charge is 2.12. The zero-order valence-corrected chi connectivity index (χ0v) is 11.9. The van der Waals surface area contributed by atoms with Crippen LogP contribution < -0.4 is 16.6 Å². The van der Waals surface area contributed by atoms with Crippen LogP contribution in [0.5, 0.6) is 0 Å². The SMILES string of the molecule is CSc1nc(Cl)nc(NN)c1NCc1ccccc1. The fourth-order valence-corrected chi connectivity index (χ4v) is 2.38. The van der Waals surface area contributed by atoms with Gasteiger partial charge in [0.2, 0.25) is 5.28 Å². The fourth-order valence-electron chi connectivity index (χ4n) is 1.61. The summed E-state index contributed by atoms with van der Waals surface area (Å²) < 4.78 is 0. The monoisotopic (exact) mass is 295 g/mol. The van der Waals surface area contributed by atoms with E-state index in [1.54, 1.807) is 0 Å². The first kappa shape index (κ1) is 13.9. The predicted molar refractivity (Wildman–Crippen MR) is 80.4 cm³/mol. The summed E-state index contributed by atoms with van der Waals surface area (Å²) >= 11 is 7.32. The molecule has 5 nitrogen and oxygen atoms in total. The zero-order chi connectivity index (χ0) is 13.7. The van der Waals surface area contributed by atoms with E-state index in [2.05, 4.69) is 20.7 Å². The lowest BCUT2D eigenvalue weighted by molar-refractivity contribution is 1.01. The molecule has 0 atom stereocenters. The van der Waals surface area contributed by atoms with Crippen molar-refractivity contribution in [2.45, 2.75) is 11.6 Å². The van der Waals surface area contributed by atoms with Crippen molar-refractivity contribution in [1.82, 2.24) is 9.97 Å². The van der Waals surface area contributed by atoms with Gasteiger partial charge in [0.05, 0.1) is 0 Å². The molecule has 0 amide bonds. The molecule has 0 bridgehead atoms. The summed E-state index contributed by atoms with van der Waals surface area (Å²) in [5, 5.41) is 4.20. The third kappa shape index (κ3) is 3.50. The topological polar surface area (TPSA) is 75.9 Å². The van der Waals surface area contributed by atoms with E-state index < -0.39 is 0 Å². The van der Waals surface area contributed by atoms with Crippen molar-refractivity contribution in [1.29, 1.82) is 0 Å². The van der Waals surface area contributed by atoms with E-state index in [0.29, 0.717) is 12.4 Å². The molecule has 0 saturated heterocycles. The van der Waals surface area contributed by atoms with Gasteiger partial charge in [0, 0.05) is 6.54 Å². The summed E-state index contributed by atoms with van der Waals surface area (Å²) in [5.74, 6) is 5.95. The molecular formula is C12H14ClN5S. The highest BCUT2D eigenvalue weighted by Crippen LogP contribution is 2.30. The van der Waals surface area contributed by atoms with Crippen LogP contribution in [-0.4, -0.2) is 16.2 Å². The quantitative estimate of drug-likeness (QED) is 0.259. The number of hydrazine groups is 1. The molecule has 0 fully saturated rings. The fraction of sp³-hybridized carbons (Fsp3) is 0.167. The van der Waals surface area contributed by atoms with E-state index >= 15 is 0 Å². The van der Waals surface area contributed by atoms with E-state index in [-0.39, 0.29) is 5.28 Å². The first-order valence-electron chi connectivity index (χ1n) is 5.60. The van der Waals surface area contributed by atoms with Gasteiger partial charge in [-0.3, -0.25) is 0 Å². The van der Waals surface area contributed by atoms with Gasteiger partial charge in [0.15, 0.2) is 5.82 Å². The smallest absolute Gasteiger partial charge is 0.225 e. The number of aromatic nitrogens is 2. The predicted octanol–water partition coefficient (Wildman–Crippen LogP) is 2.75. The largest absolute Gasteiger partial charge is 0.376 e. The highest BCUT2D eigenvalue weighted by molar-refractivity contribution is 7.98. The van der Waals surface area contributed by atoms with E-state index in [0.717, 1.165) is 16.3 Å².